The molecule has 0 bridgehead atoms. The number of aliphatic hydroxyl groups excluding tert-OH is 1. The molecule has 1 heterocycles. The Labute approximate surface area is 126 Å². The Hall–Kier alpha value is -1.01. The molecule has 0 radical (unpaired) electrons. The topological polar surface area (TPSA) is 52.7 Å². The molecule has 0 amide bonds. The second-order valence-corrected chi connectivity index (χ2v) is 5.71. The van der Waals surface area contributed by atoms with Crippen LogP contribution in [0.4, 0.5) is 4.39 Å². The van der Waals surface area contributed by atoms with Crippen molar-refractivity contribution in [3.05, 3.63) is 35.6 Å². The monoisotopic (exact) mass is 295 g/mol. The largest absolute Gasteiger partial charge is 0.395 e. The lowest BCUT2D eigenvalue weighted by atomic mass is 10.0. The van der Waals surface area contributed by atoms with Crippen LogP contribution in [0.3, 0.4) is 0 Å². The maximum Gasteiger partial charge on any atom is 0.123 e. The molecule has 118 valence electrons. The molecule has 0 aromatic heterocycles. The van der Waals surface area contributed by atoms with E-state index >= 15 is 0 Å². The lowest BCUT2D eigenvalue weighted by Gasteiger charge is -2.23. The van der Waals surface area contributed by atoms with Gasteiger partial charge >= 0.3 is 0 Å². The van der Waals surface area contributed by atoms with E-state index in [1.807, 2.05) is 0 Å². The molecule has 0 saturated carbocycles. The van der Waals surface area contributed by atoms with Gasteiger partial charge < -0.3 is 15.7 Å². The van der Waals surface area contributed by atoms with Gasteiger partial charge in [0.15, 0.2) is 0 Å². The lowest BCUT2D eigenvalue weighted by molar-refractivity contribution is 0.196. The van der Waals surface area contributed by atoms with Gasteiger partial charge in [-0.1, -0.05) is 12.1 Å². The predicted octanol–water partition coefficient (Wildman–Crippen LogP) is 1.22. The van der Waals surface area contributed by atoms with Gasteiger partial charge in [-0.3, -0.25) is 4.90 Å². The highest BCUT2D eigenvalue weighted by molar-refractivity contribution is 5.19. The maximum absolute atomic E-state index is 12.9. The van der Waals surface area contributed by atoms with Crippen molar-refractivity contribution < 1.29 is 9.50 Å². The number of halogens is 1. The van der Waals surface area contributed by atoms with E-state index in [2.05, 4.69) is 9.80 Å². The molecule has 2 rings (SSSR count). The number of nitrogens with two attached hydrogens (primary N) is 1. The highest BCUT2D eigenvalue weighted by atomic mass is 19.1. The molecule has 1 aliphatic rings. The third-order valence-corrected chi connectivity index (χ3v) is 4.15. The van der Waals surface area contributed by atoms with Crippen LogP contribution < -0.4 is 5.73 Å². The predicted molar refractivity (Wildman–Crippen MR) is 82.5 cm³/mol. The summed E-state index contributed by atoms with van der Waals surface area (Å²) >= 11 is 0. The molecule has 0 spiro atoms. The van der Waals surface area contributed by atoms with E-state index < -0.39 is 0 Å². The van der Waals surface area contributed by atoms with Gasteiger partial charge in [0.2, 0.25) is 0 Å². The fourth-order valence-electron chi connectivity index (χ4n) is 2.81. The van der Waals surface area contributed by atoms with Crippen molar-refractivity contribution in [3.63, 3.8) is 0 Å². The molecular formula is C16H26FN3O. The lowest BCUT2D eigenvalue weighted by Crippen LogP contribution is -2.33. The average molecular weight is 295 g/mol. The fraction of sp³-hybridized carbons (Fsp3) is 0.625. The van der Waals surface area contributed by atoms with Gasteiger partial charge in [0.05, 0.1) is 6.61 Å². The fourth-order valence-corrected chi connectivity index (χ4v) is 2.81. The summed E-state index contributed by atoms with van der Waals surface area (Å²) in [6.45, 7) is 6.13. The normalized spacial score (nSPS) is 19.4. The third kappa shape index (κ3) is 5.36. The van der Waals surface area contributed by atoms with Gasteiger partial charge in [-0.25, -0.2) is 4.39 Å². The molecule has 0 aliphatic carbocycles. The SMILES string of the molecule is NC(CCN1CCCN(CCO)CC1)c1ccc(F)cc1. The zero-order chi connectivity index (χ0) is 15.1. The highest BCUT2D eigenvalue weighted by Crippen LogP contribution is 2.15. The van der Waals surface area contributed by atoms with Crippen LogP contribution >= 0.6 is 0 Å². The minimum Gasteiger partial charge on any atom is -0.395 e. The molecule has 1 aromatic rings. The molecule has 1 saturated heterocycles. The van der Waals surface area contributed by atoms with Crippen molar-refractivity contribution in [2.75, 3.05) is 45.9 Å². The number of hydrogen-bond acceptors (Lipinski definition) is 4. The number of aliphatic hydroxyl groups is 1. The first-order valence-electron chi connectivity index (χ1n) is 7.75. The quantitative estimate of drug-likeness (QED) is 0.828. The van der Waals surface area contributed by atoms with Crippen LogP contribution in [0.1, 0.15) is 24.4 Å². The smallest absolute Gasteiger partial charge is 0.123 e. The molecule has 5 heteroatoms. The van der Waals surface area contributed by atoms with Crippen molar-refractivity contribution in [3.8, 4) is 0 Å². The Kier molecular flexibility index (Phi) is 6.57. The van der Waals surface area contributed by atoms with Gasteiger partial charge in [0.25, 0.3) is 0 Å². The van der Waals surface area contributed by atoms with Gasteiger partial charge in [0.1, 0.15) is 5.82 Å². The van der Waals surface area contributed by atoms with Crippen LogP contribution in [0.25, 0.3) is 0 Å². The Bertz CT molecular complexity index is 412. The summed E-state index contributed by atoms with van der Waals surface area (Å²) in [7, 11) is 0. The Morgan fingerprint density at radius 3 is 2.29 bits per heavy atom. The highest BCUT2D eigenvalue weighted by Gasteiger charge is 2.15. The summed E-state index contributed by atoms with van der Waals surface area (Å²) in [6, 6.07) is 6.43. The van der Waals surface area contributed by atoms with Crippen molar-refractivity contribution in [2.45, 2.75) is 18.9 Å². The van der Waals surface area contributed by atoms with Crippen LogP contribution in [0, 0.1) is 5.82 Å². The van der Waals surface area contributed by atoms with Gasteiger partial charge in [-0.2, -0.15) is 0 Å². The van der Waals surface area contributed by atoms with Gasteiger partial charge in [0, 0.05) is 25.7 Å². The van der Waals surface area contributed by atoms with E-state index in [0.717, 1.165) is 57.7 Å². The van der Waals surface area contributed by atoms with E-state index in [9.17, 15) is 4.39 Å². The first-order valence-corrected chi connectivity index (χ1v) is 7.75. The minimum atomic E-state index is -0.220. The Morgan fingerprint density at radius 1 is 1.05 bits per heavy atom. The number of nitrogens with zero attached hydrogens (tertiary/aromatic N) is 2. The second-order valence-electron chi connectivity index (χ2n) is 5.71. The van der Waals surface area contributed by atoms with Crippen LogP contribution in [-0.4, -0.2) is 60.8 Å². The summed E-state index contributed by atoms with van der Waals surface area (Å²) in [5, 5.41) is 9.00. The zero-order valence-corrected chi connectivity index (χ0v) is 12.5. The summed E-state index contributed by atoms with van der Waals surface area (Å²) in [4.78, 5) is 4.74. The molecule has 21 heavy (non-hydrogen) atoms. The molecule has 1 aromatic carbocycles. The Balaban J connectivity index is 1.76. The molecule has 4 nitrogen and oxygen atoms in total. The minimum absolute atomic E-state index is 0.0394. The van der Waals surface area contributed by atoms with Crippen molar-refractivity contribution in [2.24, 2.45) is 5.73 Å². The van der Waals surface area contributed by atoms with Crippen LogP contribution in [0.5, 0.6) is 0 Å². The summed E-state index contributed by atoms with van der Waals surface area (Å²) in [5.41, 5.74) is 7.18. The van der Waals surface area contributed by atoms with Gasteiger partial charge in [-0.15, -0.1) is 0 Å². The van der Waals surface area contributed by atoms with E-state index in [1.54, 1.807) is 12.1 Å². The number of β-amino-alcohol motifs (C(OH)–C–C–N with tert-alkyl or cyclic N) is 1. The average Bonchev–Trinajstić information content (AvgIpc) is 2.71. The Morgan fingerprint density at radius 2 is 1.67 bits per heavy atom. The van der Waals surface area contributed by atoms with E-state index in [1.165, 1.54) is 12.1 Å². The standard InChI is InChI=1S/C16H26FN3O/c17-15-4-2-14(3-5-15)16(18)6-9-19-7-1-8-20(11-10-19)12-13-21/h2-5,16,21H,1,6-13,18H2. The van der Waals surface area contributed by atoms with Crippen LogP contribution in [0.2, 0.25) is 0 Å². The number of hydrogen-bond donors (Lipinski definition) is 2. The molecule has 1 unspecified atom stereocenters. The second kappa shape index (κ2) is 8.44. The molecular weight excluding hydrogens is 269 g/mol. The summed E-state index contributed by atoms with van der Waals surface area (Å²) < 4.78 is 12.9. The molecule has 3 N–H and O–H groups in total. The summed E-state index contributed by atoms with van der Waals surface area (Å²) in [6.07, 6.45) is 2.01. The van der Waals surface area contributed by atoms with E-state index in [4.69, 9.17) is 10.8 Å². The van der Waals surface area contributed by atoms with E-state index in [0.29, 0.717) is 0 Å². The number of rotatable bonds is 6. The van der Waals surface area contributed by atoms with Crippen LogP contribution in [0.15, 0.2) is 24.3 Å². The maximum atomic E-state index is 12.9. The third-order valence-electron chi connectivity index (χ3n) is 4.15. The van der Waals surface area contributed by atoms with Gasteiger partial charge in [-0.05, 0) is 50.2 Å². The molecule has 1 fully saturated rings. The van der Waals surface area contributed by atoms with Crippen molar-refractivity contribution in [1.82, 2.24) is 9.80 Å². The first kappa shape index (κ1) is 16.4. The van der Waals surface area contributed by atoms with Crippen molar-refractivity contribution in [1.29, 1.82) is 0 Å². The van der Waals surface area contributed by atoms with Crippen LogP contribution in [-0.2, 0) is 0 Å². The summed E-state index contributed by atoms with van der Waals surface area (Å²) in [5.74, 6) is -0.220. The molecule has 1 atom stereocenters. The molecule has 1 aliphatic heterocycles. The zero-order valence-electron chi connectivity index (χ0n) is 12.5. The number of benzene rings is 1. The van der Waals surface area contributed by atoms with Crippen molar-refractivity contribution >= 4 is 0 Å². The first-order chi connectivity index (χ1) is 10.2. The van der Waals surface area contributed by atoms with E-state index in [-0.39, 0.29) is 18.5 Å².